The maximum atomic E-state index is 14.0. The summed E-state index contributed by atoms with van der Waals surface area (Å²) in [5.41, 5.74) is 4.48. The zero-order chi connectivity index (χ0) is 20.5. The number of carbonyl (C=O) groups excluding carboxylic acids is 1. The van der Waals surface area contributed by atoms with Crippen LogP contribution in [-0.2, 0) is 21.4 Å². The number of hydrogen-bond donors (Lipinski definition) is 1. The molecule has 0 unspecified atom stereocenters. The normalized spacial score (nSPS) is 12.4. The minimum atomic E-state index is -3.54. The number of alkyl halides is 2. The minimum Gasteiger partial charge on any atom is -0.462 e. The largest absolute Gasteiger partial charge is 0.462 e. The maximum absolute atomic E-state index is 14.0. The number of H-pyrrole nitrogens is 1. The van der Waals surface area contributed by atoms with Crippen LogP contribution in [0.1, 0.15) is 38.8 Å². The summed E-state index contributed by atoms with van der Waals surface area (Å²) in [6.07, 6.45) is -0.679. The predicted octanol–water partition coefficient (Wildman–Crippen LogP) is 5.87. The smallest absolute Gasteiger partial charge is 0.377 e. The molecule has 5 heteroatoms. The van der Waals surface area contributed by atoms with E-state index in [0.717, 1.165) is 22.2 Å². The maximum Gasteiger partial charge on any atom is 0.377 e. The molecule has 0 radical (unpaired) electrons. The first-order valence-electron chi connectivity index (χ1n) is 9.38. The molecular weight excluding hydrogens is 360 g/mol. The summed E-state index contributed by atoms with van der Waals surface area (Å²) >= 11 is 0. The number of ether oxygens (including phenoxy) is 1. The van der Waals surface area contributed by atoms with Gasteiger partial charge < -0.3 is 9.72 Å². The second kappa shape index (κ2) is 7.38. The van der Waals surface area contributed by atoms with E-state index in [4.69, 9.17) is 0 Å². The van der Waals surface area contributed by atoms with Crippen LogP contribution in [0.25, 0.3) is 22.2 Å². The molecule has 0 amide bonds. The molecule has 0 saturated heterocycles. The molecular formula is C23H25F2NO2. The molecule has 0 aliphatic heterocycles. The number of aromatic nitrogens is 1. The van der Waals surface area contributed by atoms with Gasteiger partial charge in [0.05, 0.1) is 6.61 Å². The van der Waals surface area contributed by atoms with Crippen LogP contribution < -0.4 is 0 Å². The Morgan fingerprint density at radius 1 is 1.07 bits per heavy atom. The van der Waals surface area contributed by atoms with Crippen molar-refractivity contribution in [1.29, 1.82) is 0 Å². The summed E-state index contributed by atoms with van der Waals surface area (Å²) in [6.45, 7) is 7.92. The van der Waals surface area contributed by atoms with Crippen molar-refractivity contribution in [2.24, 2.45) is 0 Å². The number of carbonyl (C=O) groups is 1. The van der Waals surface area contributed by atoms with Gasteiger partial charge in [-0.15, -0.1) is 0 Å². The number of esters is 1. The van der Waals surface area contributed by atoms with E-state index in [2.05, 4.69) is 42.6 Å². The van der Waals surface area contributed by atoms with Crippen LogP contribution in [0.15, 0.2) is 48.5 Å². The first-order valence-corrected chi connectivity index (χ1v) is 9.38. The van der Waals surface area contributed by atoms with Gasteiger partial charge in [0, 0.05) is 23.0 Å². The van der Waals surface area contributed by atoms with E-state index in [1.807, 2.05) is 18.2 Å². The fraction of sp³-hybridized carbons (Fsp3) is 0.348. The van der Waals surface area contributed by atoms with Crippen molar-refractivity contribution >= 4 is 16.9 Å². The molecule has 0 aliphatic rings. The number of nitrogens with one attached hydrogen (secondary N) is 1. The SMILES string of the molecule is CCOC(=O)C(F)(F)Cc1ccc2[nH]c(-c3cccc(C(C)(C)C)c3)cc2c1. The molecule has 1 heterocycles. The minimum absolute atomic E-state index is 0.0356. The molecule has 2 aromatic carbocycles. The molecule has 0 fully saturated rings. The van der Waals surface area contributed by atoms with E-state index < -0.39 is 18.3 Å². The Bertz CT molecular complexity index is 999. The molecule has 0 spiro atoms. The molecule has 1 N–H and O–H groups in total. The Morgan fingerprint density at radius 2 is 1.82 bits per heavy atom. The van der Waals surface area contributed by atoms with E-state index in [1.165, 1.54) is 12.5 Å². The number of fused-ring (bicyclic) bond motifs is 1. The van der Waals surface area contributed by atoms with Crippen LogP contribution in [-0.4, -0.2) is 23.5 Å². The summed E-state index contributed by atoms with van der Waals surface area (Å²) in [7, 11) is 0. The van der Waals surface area contributed by atoms with Gasteiger partial charge in [-0.2, -0.15) is 8.78 Å². The van der Waals surface area contributed by atoms with Gasteiger partial charge in [0.2, 0.25) is 0 Å². The van der Waals surface area contributed by atoms with Crippen LogP contribution in [0.2, 0.25) is 0 Å². The van der Waals surface area contributed by atoms with Gasteiger partial charge in [0.1, 0.15) is 0 Å². The third-order valence-corrected chi connectivity index (χ3v) is 4.72. The lowest BCUT2D eigenvalue weighted by molar-refractivity contribution is -0.171. The van der Waals surface area contributed by atoms with Gasteiger partial charge in [-0.3, -0.25) is 0 Å². The highest BCUT2D eigenvalue weighted by atomic mass is 19.3. The van der Waals surface area contributed by atoms with Crippen molar-refractivity contribution in [2.75, 3.05) is 6.61 Å². The lowest BCUT2D eigenvalue weighted by Gasteiger charge is -2.19. The first-order chi connectivity index (χ1) is 13.1. The van der Waals surface area contributed by atoms with Crippen LogP contribution in [0, 0.1) is 0 Å². The lowest BCUT2D eigenvalue weighted by atomic mass is 9.86. The van der Waals surface area contributed by atoms with Crippen molar-refractivity contribution in [3.63, 3.8) is 0 Å². The van der Waals surface area contributed by atoms with Gasteiger partial charge in [0.25, 0.3) is 0 Å². The van der Waals surface area contributed by atoms with Crippen LogP contribution in [0.4, 0.5) is 8.78 Å². The average Bonchev–Trinajstić information content (AvgIpc) is 3.04. The van der Waals surface area contributed by atoms with Gasteiger partial charge in [-0.25, -0.2) is 4.79 Å². The average molecular weight is 385 g/mol. The zero-order valence-electron chi connectivity index (χ0n) is 16.6. The Kier molecular flexibility index (Phi) is 5.28. The molecule has 148 valence electrons. The van der Waals surface area contributed by atoms with Crippen molar-refractivity contribution in [3.05, 3.63) is 59.7 Å². The number of aromatic amines is 1. The highest BCUT2D eigenvalue weighted by molar-refractivity contribution is 5.87. The molecule has 0 aliphatic carbocycles. The Labute approximate surface area is 163 Å². The second-order valence-corrected chi connectivity index (χ2v) is 8.04. The summed E-state index contributed by atoms with van der Waals surface area (Å²) in [5, 5.41) is 0.827. The van der Waals surface area contributed by atoms with Crippen molar-refractivity contribution < 1.29 is 18.3 Å². The predicted molar refractivity (Wildman–Crippen MR) is 108 cm³/mol. The summed E-state index contributed by atoms with van der Waals surface area (Å²) in [5.74, 6) is -5.02. The monoisotopic (exact) mass is 385 g/mol. The third kappa shape index (κ3) is 4.24. The van der Waals surface area contributed by atoms with Crippen LogP contribution >= 0.6 is 0 Å². The summed E-state index contributed by atoms with van der Waals surface area (Å²) < 4.78 is 32.5. The van der Waals surface area contributed by atoms with Crippen LogP contribution in [0.5, 0.6) is 0 Å². The number of hydrogen-bond acceptors (Lipinski definition) is 2. The van der Waals surface area contributed by atoms with Gasteiger partial charge in [-0.1, -0.05) is 45.0 Å². The third-order valence-electron chi connectivity index (χ3n) is 4.72. The first kappa shape index (κ1) is 20.1. The summed E-state index contributed by atoms with van der Waals surface area (Å²) in [6, 6.07) is 15.3. The van der Waals surface area contributed by atoms with E-state index in [0.29, 0.717) is 5.56 Å². The van der Waals surface area contributed by atoms with Crippen LogP contribution in [0.3, 0.4) is 0 Å². The van der Waals surface area contributed by atoms with Crippen molar-refractivity contribution in [1.82, 2.24) is 4.98 Å². The van der Waals surface area contributed by atoms with E-state index in [9.17, 15) is 13.6 Å². The molecule has 28 heavy (non-hydrogen) atoms. The lowest BCUT2D eigenvalue weighted by Crippen LogP contribution is -2.33. The fourth-order valence-electron chi connectivity index (χ4n) is 3.17. The Hall–Kier alpha value is -2.69. The second-order valence-electron chi connectivity index (χ2n) is 8.04. The zero-order valence-corrected chi connectivity index (χ0v) is 16.6. The van der Waals surface area contributed by atoms with Gasteiger partial charge in [-0.05, 0) is 53.3 Å². The molecule has 0 bridgehead atoms. The molecule has 1 aromatic heterocycles. The molecule has 0 saturated carbocycles. The molecule has 3 rings (SSSR count). The Balaban J connectivity index is 1.91. The highest BCUT2D eigenvalue weighted by Crippen LogP contribution is 2.30. The van der Waals surface area contributed by atoms with Crippen molar-refractivity contribution in [2.45, 2.75) is 45.5 Å². The standard InChI is InChI=1S/C23H25F2NO2/c1-5-28-21(27)23(24,25)14-15-9-10-19-17(11-15)13-20(26-19)16-7-6-8-18(12-16)22(2,3)4/h6-13,26H,5,14H2,1-4H3. The number of benzene rings is 2. The van der Waals surface area contributed by atoms with E-state index in [1.54, 1.807) is 18.2 Å². The Morgan fingerprint density at radius 3 is 2.50 bits per heavy atom. The highest BCUT2D eigenvalue weighted by Gasteiger charge is 2.40. The number of halogens is 2. The topological polar surface area (TPSA) is 42.1 Å². The number of rotatable bonds is 5. The van der Waals surface area contributed by atoms with Gasteiger partial charge in [0.15, 0.2) is 0 Å². The van der Waals surface area contributed by atoms with Crippen molar-refractivity contribution in [3.8, 4) is 11.3 Å². The van der Waals surface area contributed by atoms with E-state index in [-0.39, 0.29) is 12.0 Å². The molecule has 0 atom stereocenters. The van der Waals surface area contributed by atoms with Gasteiger partial charge >= 0.3 is 11.9 Å². The van der Waals surface area contributed by atoms with E-state index >= 15 is 0 Å². The molecule has 3 aromatic rings. The summed E-state index contributed by atoms with van der Waals surface area (Å²) in [4.78, 5) is 14.8. The quantitative estimate of drug-likeness (QED) is 0.558. The molecule has 3 nitrogen and oxygen atoms in total. The fourth-order valence-corrected chi connectivity index (χ4v) is 3.17.